The van der Waals surface area contributed by atoms with Crippen LogP contribution in [0.1, 0.15) is 91.4 Å². The van der Waals surface area contributed by atoms with Crippen molar-refractivity contribution in [2.24, 2.45) is 0 Å². The average Bonchev–Trinajstić information content (AvgIpc) is 2.70. The molecule has 0 heterocycles. The molecule has 0 amide bonds. The largest absolute Gasteiger partial charge is 0.394 e. The Bertz CT molecular complexity index is 288. The summed E-state index contributed by atoms with van der Waals surface area (Å²) in [5, 5.41) is 8.59. The van der Waals surface area contributed by atoms with Crippen molar-refractivity contribution >= 4 is 0 Å². The Morgan fingerprint density at radius 2 is 0.964 bits per heavy atom. The number of ether oxygens (including phenoxy) is 4. The average molecular weight is 405 g/mol. The molecule has 5 heteroatoms. The lowest BCUT2D eigenvalue weighted by molar-refractivity contribution is -0.0727. The Balaban J connectivity index is 3.29. The van der Waals surface area contributed by atoms with Crippen molar-refractivity contribution in [2.75, 3.05) is 46.2 Å². The molecule has 2 atom stereocenters. The molecule has 0 aromatic carbocycles. The first-order chi connectivity index (χ1) is 13.7. The molecule has 0 aliphatic rings. The van der Waals surface area contributed by atoms with Gasteiger partial charge in [-0.05, 0) is 20.3 Å². The molecule has 28 heavy (non-hydrogen) atoms. The van der Waals surface area contributed by atoms with E-state index >= 15 is 0 Å². The van der Waals surface area contributed by atoms with Crippen molar-refractivity contribution in [1.82, 2.24) is 0 Å². The fourth-order valence-electron chi connectivity index (χ4n) is 2.99. The van der Waals surface area contributed by atoms with E-state index in [9.17, 15) is 0 Å². The van der Waals surface area contributed by atoms with Gasteiger partial charge in [0.2, 0.25) is 0 Å². The number of rotatable bonds is 23. The third-order valence-corrected chi connectivity index (χ3v) is 5.01. The van der Waals surface area contributed by atoms with E-state index in [1.807, 2.05) is 0 Å². The fourth-order valence-corrected chi connectivity index (χ4v) is 2.99. The van der Waals surface area contributed by atoms with E-state index in [-0.39, 0.29) is 18.8 Å². The summed E-state index contributed by atoms with van der Waals surface area (Å²) in [5.74, 6) is 0. The smallest absolute Gasteiger partial charge is 0.0807 e. The Hall–Kier alpha value is -0.200. The summed E-state index contributed by atoms with van der Waals surface area (Å²) in [6.07, 6.45) is 15.1. The SMILES string of the molecule is CCCCCCCCCCCCCOC(C)C(C)OCCOCCOCCO. The maximum absolute atomic E-state index is 8.59. The zero-order chi connectivity index (χ0) is 20.7. The summed E-state index contributed by atoms with van der Waals surface area (Å²) in [4.78, 5) is 0. The number of hydrogen-bond donors (Lipinski definition) is 1. The standard InChI is InChI=1S/C23H48O5/c1-4-5-6-7-8-9-10-11-12-13-14-16-27-22(2)23(3)28-21-20-26-19-18-25-17-15-24/h22-24H,4-21H2,1-3H3. The predicted octanol–water partition coefficient (Wildman–Crippen LogP) is 5.13. The fraction of sp³-hybridized carbons (Fsp3) is 1.00. The zero-order valence-corrected chi connectivity index (χ0v) is 19.0. The predicted molar refractivity (Wildman–Crippen MR) is 116 cm³/mol. The summed E-state index contributed by atoms with van der Waals surface area (Å²) in [5.41, 5.74) is 0. The first-order valence-corrected chi connectivity index (χ1v) is 11.7. The highest BCUT2D eigenvalue weighted by molar-refractivity contribution is 4.60. The maximum Gasteiger partial charge on any atom is 0.0807 e. The van der Waals surface area contributed by atoms with Gasteiger partial charge >= 0.3 is 0 Å². The van der Waals surface area contributed by atoms with E-state index < -0.39 is 0 Å². The van der Waals surface area contributed by atoms with Crippen molar-refractivity contribution in [3.63, 3.8) is 0 Å². The number of hydrogen-bond acceptors (Lipinski definition) is 5. The second-order valence-electron chi connectivity index (χ2n) is 7.64. The van der Waals surface area contributed by atoms with Gasteiger partial charge in [0.1, 0.15) is 0 Å². The van der Waals surface area contributed by atoms with Crippen molar-refractivity contribution in [2.45, 2.75) is 104 Å². The monoisotopic (exact) mass is 404 g/mol. The van der Waals surface area contributed by atoms with Crippen LogP contribution < -0.4 is 0 Å². The van der Waals surface area contributed by atoms with E-state index in [2.05, 4.69) is 20.8 Å². The van der Waals surface area contributed by atoms with Crippen molar-refractivity contribution in [1.29, 1.82) is 0 Å². The van der Waals surface area contributed by atoms with Crippen LogP contribution in [0, 0.1) is 0 Å². The molecule has 1 N–H and O–H groups in total. The maximum atomic E-state index is 8.59. The molecule has 0 radical (unpaired) electrons. The van der Waals surface area contributed by atoms with Crippen LogP contribution in [0.4, 0.5) is 0 Å². The quantitative estimate of drug-likeness (QED) is 0.239. The van der Waals surface area contributed by atoms with Crippen LogP contribution >= 0.6 is 0 Å². The van der Waals surface area contributed by atoms with Crippen LogP contribution in [-0.2, 0) is 18.9 Å². The minimum absolute atomic E-state index is 0.0533. The van der Waals surface area contributed by atoms with Gasteiger partial charge in [-0.25, -0.2) is 0 Å². The Morgan fingerprint density at radius 1 is 0.536 bits per heavy atom. The molecule has 5 nitrogen and oxygen atoms in total. The van der Waals surface area contributed by atoms with Gasteiger partial charge in [-0.2, -0.15) is 0 Å². The van der Waals surface area contributed by atoms with E-state index in [1.54, 1.807) is 0 Å². The molecule has 0 aliphatic carbocycles. The molecular weight excluding hydrogens is 356 g/mol. The lowest BCUT2D eigenvalue weighted by Crippen LogP contribution is -2.28. The first kappa shape index (κ1) is 27.8. The molecule has 2 unspecified atom stereocenters. The highest BCUT2D eigenvalue weighted by atomic mass is 16.6. The Morgan fingerprint density at radius 3 is 1.50 bits per heavy atom. The van der Waals surface area contributed by atoms with Crippen LogP contribution in [0.3, 0.4) is 0 Å². The number of aliphatic hydroxyl groups is 1. The molecule has 0 fully saturated rings. The topological polar surface area (TPSA) is 57.2 Å². The van der Waals surface area contributed by atoms with E-state index in [1.165, 1.54) is 64.2 Å². The van der Waals surface area contributed by atoms with E-state index in [0.717, 1.165) is 13.0 Å². The van der Waals surface area contributed by atoms with Crippen LogP contribution in [0.2, 0.25) is 0 Å². The molecule has 0 aliphatic heterocycles. The normalized spacial score (nSPS) is 13.7. The molecule has 0 saturated heterocycles. The van der Waals surface area contributed by atoms with Gasteiger partial charge in [0.05, 0.1) is 51.8 Å². The second kappa shape index (κ2) is 23.1. The molecule has 170 valence electrons. The minimum atomic E-state index is 0.0533. The van der Waals surface area contributed by atoms with Crippen LogP contribution in [0.5, 0.6) is 0 Å². The third-order valence-electron chi connectivity index (χ3n) is 5.01. The molecule has 0 bridgehead atoms. The highest BCUT2D eigenvalue weighted by Gasteiger charge is 2.12. The molecule has 0 spiro atoms. The lowest BCUT2D eigenvalue weighted by atomic mass is 10.1. The summed E-state index contributed by atoms with van der Waals surface area (Å²) in [6, 6.07) is 0. The number of unbranched alkanes of at least 4 members (excludes halogenated alkanes) is 10. The van der Waals surface area contributed by atoms with Gasteiger partial charge in [0.15, 0.2) is 0 Å². The van der Waals surface area contributed by atoms with Crippen LogP contribution in [0.25, 0.3) is 0 Å². The minimum Gasteiger partial charge on any atom is -0.394 e. The molecule has 0 aromatic rings. The molecular formula is C23H48O5. The summed E-state index contributed by atoms with van der Waals surface area (Å²) < 4.78 is 22.2. The van der Waals surface area contributed by atoms with Crippen LogP contribution in [-0.4, -0.2) is 63.6 Å². The van der Waals surface area contributed by atoms with Gasteiger partial charge in [-0.3, -0.25) is 0 Å². The zero-order valence-electron chi connectivity index (χ0n) is 19.0. The van der Waals surface area contributed by atoms with Crippen molar-refractivity contribution in [3.05, 3.63) is 0 Å². The van der Waals surface area contributed by atoms with Gasteiger partial charge < -0.3 is 24.1 Å². The van der Waals surface area contributed by atoms with Gasteiger partial charge in [0, 0.05) is 6.61 Å². The van der Waals surface area contributed by atoms with Gasteiger partial charge in [-0.1, -0.05) is 71.1 Å². The Labute approximate surface area is 174 Å². The highest BCUT2D eigenvalue weighted by Crippen LogP contribution is 2.12. The van der Waals surface area contributed by atoms with Gasteiger partial charge in [0.25, 0.3) is 0 Å². The first-order valence-electron chi connectivity index (χ1n) is 11.7. The third kappa shape index (κ3) is 20.5. The Kier molecular flexibility index (Phi) is 22.9. The molecule has 0 rings (SSSR count). The summed E-state index contributed by atoms with van der Waals surface area (Å²) in [6.45, 7) is 9.80. The molecule has 0 saturated carbocycles. The second-order valence-corrected chi connectivity index (χ2v) is 7.64. The van der Waals surface area contributed by atoms with Crippen LogP contribution in [0.15, 0.2) is 0 Å². The van der Waals surface area contributed by atoms with Gasteiger partial charge in [-0.15, -0.1) is 0 Å². The lowest BCUT2D eigenvalue weighted by Gasteiger charge is -2.21. The number of aliphatic hydroxyl groups excluding tert-OH is 1. The van der Waals surface area contributed by atoms with Crippen molar-refractivity contribution in [3.8, 4) is 0 Å². The van der Waals surface area contributed by atoms with E-state index in [4.69, 9.17) is 24.1 Å². The summed E-state index contributed by atoms with van der Waals surface area (Å²) in [7, 11) is 0. The van der Waals surface area contributed by atoms with Crippen molar-refractivity contribution < 1.29 is 24.1 Å². The molecule has 0 aromatic heterocycles. The van der Waals surface area contributed by atoms with E-state index in [0.29, 0.717) is 33.0 Å². The summed E-state index contributed by atoms with van der Waals surface area (Å²) >= 11 is 0.